The number of carbonyl (C=O) groups is 1. The predicted molar refractivity (Wildman–Crippen MR) is 121 cm³/mol. The minimum Gasteiger partial charge on any atom is -0.267 e. The maximum absolute atomic E-state index is 12.2. The number of hydrogen-bond donors (Lipinski definition) is 1. The zero-order valence-corrected chi connectivity index (χ0v) is 18.2. The van der Waals surface area contributed by atoms with Crippen LogP contribution >= 0.6 is 23.5 Å². The second kappa shape index (κ2) is 10.2. The normalized spacial score (nSPS) is 11.0. The molecule has 3 rings (SSSR count). The van der Waals surface area contributed by atoms with Gasteiger partial charge in [0.15, 0.2) is 5.16 Å². The summed E-state index contributed by atoms with van der Waals surface area (Å²) in [6.07, 6.45) is 3.67. The first kappa shape index (κ1) is 21.1. The predicted octanol–water partition coefficient (Wildman–Crippen LogP) is 4.87. The van der Waals surface area contributed by atoms with Gasteiger partial charge in [0.05, 0.1) is 6.21 Å². The molecule has 148 valence electrons. The highest BCUT2D eigenvalue weighted by molar-refractivity contribution is 7.98. The Morgan fingerprint density at radius 3 is 2.31 bits per heavy atom. The van der Waals surface area contributed by atoms with E-state index in [2.05, 4.69) is 20.5 Å². The van der Waals surface area contributed by atoms with E-state index in [-0.39, 0.29) is 5.91 Å². The molecule has 0 bridgehead atoms. The molecular weight excluding hydrogens is 400 g/mol. The average molecular weight is 423 g/mol. The van der Waals surface area contributed by atoms with E-state index in [0.29, 0.717) is 5.56 Å². The number of rotatable bonds is 7. The Morgan fingerprint density at radius 2 is 1.69 bits per heavy atom. The molecule has 0 radical (unpaired) electrons. The fourth-order valence-electron chi connectivity index (χ4n) is 2.58. The van der Waals surface area contributed by atoms with E-state index >= 15 is 0 Å². The van der Waals surface area contributed by atoms with Crippen LogP contribution in [0.4, 0.5) is 0 Å². The number of hydrogen-bond acceptors (Lipinski definition) is 6. The summed E-state index contributed by atoms with van der Waals surface area (Å²) in [7, 11) is 0. The van der Waals surface area contributed by atoms with Crippen LogP contribution in [0.25, 0.3) is 0 Å². The molecule has 0 spiro atoms. The molecule has 0 aliphatic carbocycles. The smallest absolute Gasteiger partial charge is 0.267 e. The molecule has 2 aromatic carbocycles. The minimum absolute atomic E-state index is 0.237. The molecule has 0 saturated carbocycles. The minimum atomic E-state index is -0.237. The third-order valence-corrected chi connectivity index (χ3v) is 5.70. The van der Waals surface area contributed by atoms with E-state index in [4.69, 9.17) is 0 Å². The van der Waals surface area contributed by atoms with Crippen LogP contribution in [-0.2, 0) is 5.75 Å². The SMILES string of the molecule is CSc1ccc(/C=N\NC(=O)c2ccc(CSc3nc(C)cc(C)n3)cc2)cc1. The lowest BCUT2D eigenvalue weighted by atomic mass is 10.1. The topological polar surface area (TPSA) is 67.2 Å². The van der Waals surface area contributed by atoms with Gasteiger partial charge in [-0.3, -0.25) is 4.79 Å². The Morgan fingerprint density at radius 1 is 1.03 bits per heavy atom. The molecule has 0 atom stereocenters. The number of nitrogens with one attached hydrogen (secondary N) is 1. The van der Waals surface area contributed by atoms with Crippen molar-refractivity contribution in [2.45, 2.75) is 29.7 Å². The zero-order chi connectivity index (χ0) is 20.6. The van der Waals surface area contributed by atoms with Crippen LogP contribution < -0.4 is 5.43 Å². The van der Waals surface area contributed by atoms with Crippen molar-refractivity contribution in [2.24, 2.45) is 5.10 Å². The Labute approximate surface area is 179 Å². The number of thioether (sulfide) groups is 2. The zero-order valence-electron chi connectivity index (χ0n) is 16.5. The van der Waals surface area contributed by atoms with Crippen molar-refractivity contribution in [3.05, 3.63) is 82.7 Å². The Balaban J connectivity index is 1.53. The Bertz CT molecular complexity index is 982. The highest BCUT2D eigenvalue weighted by Crippen LogP contribution is 2.20. The van der Waals surface area contributed by atoms with Crippen LogP contribution in [0.1, 0.15) is 32.9 Å². The molecule has 0 unspecified atom stereocenters. The molecule has 0 aliphatic rings. The van der Waals surface area contributed by atoms with Crippen LogP contribution in [0.2, 0.25) is 0 Å². The summed E-state index contributed by atoms with van der Waals surface area (Å²) in [4.78, 5) is 22.3. The van der Waals surface area contributed by atoms with Crippen molar-refractivity contribution in [3.63, 3.8) is 0 Å². The number of hydrazone groups is 1. The molecule has 7 heteroatoms. The van der Waals surface area contributed by atoms with E-state index in [1.54, 1.807) is 41.9 Å². The number of nitrogens with zero attached hydrogens (tertiary/aromatic N) is 3. The maximum Gasteiger partial charge on any atom is 0.271 e. The van der Waals surface area contributed by atoms with Crippen LogP contribution in [-0.4, -0.2) is 28.3 Å². The summed E-state index contributed by atoms with van der Waals surface area (Å²) in [6, 6.07) is 17.4. The van der Waals surface area contributed by atoms with Gasteiger partial charge in [-0.15, -0.1) is 11.8 Å². The molecule has 1 heterocycles. The first-order chi connectivity index (χ1) is 14.0. The summed E-state index contributed by atoms with van der Waals surface area (Å²) < 4.78 is 0. The van der Waals surface area contributed by atoms with Crippen molar-refractivity contribution in [1.29, 1.82) is 0 Å². The van der Waals surface area contributed by atoms with Gasteiger partial charge in [0.1, 0.15) is 0 Å². The number of aryl methyl sites for hydroxylation is 2. The van der Waals surface area contributed by atoms with Gasteiger partial charge in [-0.05, 0) is 61.6 Å². The third-order valence-electron chi connectivity index (χ3n) is 4.04. The quantitative estimate of drug-likeness (QED) is 0.255. The van der Waals surface area contributed by atoms with Crippen LogP contribution in [0.3, 0.4) is 0 Å². The summed E-state index contributed by atoms with van der Waals surface area (Å²) >= 11 is 3.27. The maximum atomic E-state index is 12.2. The summed E-state index contributed by atoms with van der Waals surface area (Å²) in [5.74, 6) is 0.508. The highest BCUT2D eigenvalue weighted by Gasteiger charge is 2.06. The molecule has 29 heavy (non-hydrogen) atoms. The molecule has 1 amide bonds. The molecule has 0 fully saturated rings. The fraction of sp³-hybridized carbons (Fsp3) is 0.182. The second-order valence-corrected chi connectivity index (χ2v) is 8.21. The first-order valence-corrected chi connectivity index (χ1v) is 11.3. The van der Waals surface area contributed by atoms with Crippen LogP contribution in [0.5, 0.6) is 0 Å². The monoisotopic (exact) mass is 422 g/mol. The van der Waals surface area contributed by atoms with Gasteiger partial charge in [0.25, 0.3) is 5.91 Å². The van der Waals surface area contributed by atoms with Gasteiger partial charge in [-0.2, -0.15) is 5.10 Å². The van der Waals surface area contributed by atoms with E-state index in [1.807, 2.05) is 62.6 Å². The fourth-order valence-corrected chi connectivity index (χ4v) is 3.89. The number of benzene rings is 2. The molecule has 1 aromatic heterocycles. The molecule has 1 N–H and O–H groups in total. The lowest BCUT2D eigenvalue weighted by Crippen LogP contribution is -2.17. The Hall–Kier alpha value is -2.64. The van der Waals surface area contributed by atoms with E-state index < -0.39 is 0 Å². The van der Waals surface area contributed by atoms with Crippen LogP contribution in [0, 0.1) is 13.8 Å². The third kappa shape index (κ3) is 6.44. The van der Waals surface area contributed by atoms with Crippen molar-refractivity contribution >= 4 is 35.6 Å². The van der Waals surface area contributed by atoms with Crippen molar-refractivity contribution < 1.29 is 4.79 Å². The van der Waals surface area contributed by atoms with E-state index in [1.165, 1.54) is 4.90 Å². The van der Waals surface area contributed by atoms with Gasteiger partial charge >= 0.3 is 0 Å². The van der Waals surface area contributed by atoms with Gasteiger partial charge in [0, 0.05) is 27.6 Å². The first-order valence-electron chi connectivity index (χ1n) is 9.05. The molecular formula is C22H22N4OS2. The number of carbonyl (C=O) groups excluding carboxylic acids is 1. The van der Waals surface area contributed by atoms with Gasteiger partial charge in [-0.1, -0.05) is 36.0 Å². The summed E-state index contributed by atoms with van der Waals surface area (Å²) in [5.41, 5.74) is 7.10. The summed E-state index contributed by atoms with van der Waals surface area (Å²) in [6.45, 7) is 3.93. The second-order valence-electron chi connectivity index (χ2n) is 6.39. The van der Waals surface area contributed by atoms with Gasteiger partial charge in [0.2, 0.25) is 0 Å². The lowest BCUT2D eigenvalue weighted by Gasteiger charge is -2.05. The van der Waals surface area contributed by atoms with Crippen molar-refractivity contribution in [2.75, 3.05) is 6.26 Å². The molecule has 3 aromatic rings. The summed E-state index contributed by atoms with van der Waals surface area (Å²) in [5, 5.41) is 4.80. The van der Waals surface area contributed by atoms with Gasteiger partial charge in [-0.25, -0.2) is 15.4 Å². The molecule has 5 nitrogen and oxygen atoms in total. The average Bonchev–Trinajstić information content (AvgIpc) is 2.72. The van der Waals surface area contributed by atoms with Crippen LogP contribution in [0.15, 0.2) is 69.8 Å². The highest BCUT2D eigenvalue weighted by atomic mass is 32.2. The number of aromatic nitrogens is 2. The van der Waals surface area contributed by atoms with Gasteiger partial charge < -0.3 is 0 Å². The Kier molecular flexibility index (Phi) is 7.43. The van der Waals surface area contributed by atoms with Crippen molar-refractivity contribution in [3.8, 4) is 0 Å². The standard InChI is InChI=1S/C22H22N4OS2/c1-15-12-16(2)25-22(24-15)29-14-18-4-8-19(9-5-18)21(27)26-23-13-17-6-10-20(28-3)11-7-17/h4-13H,14H2,1-3H3,(H,26,27)/b23-13-. The number of amides is 1. The molecule has 0 aliphatic heterocycles. The van der Waals surface area contributed by atoms with E-state index in [0.717, 1.165) is 33.4 Å². The van der Waals surface area contributed by atoms with E-state index in [9.17, 15) is 4.79 Å². The van der Waals surface area contributed by atoms with Crippen molar-refractivity contribution in [1.82, 2.24) is 15.4 Å². The molecule has 0 saturated heterocycles. The largest absolute Gasteiger partial charge is 0.271 e. The lowest BCUT2D eigenvalue weighted by molar-refractivity contribution is 0.0955.